The number of hydrogen-bond acceptors (Lipinski definition) is 3. The number of oxazole rings is 1. The van der Waals surface area contributed by atoms with Gasteiger partial charge in [-0.15, -0.1) is 0 Å². The summed E-state index contributed by atoms with van der Waals surface area (Å²) in [5, 5.41) is 9.48. The van der Waals surface area contributed by atoms with Crippen LogP contribution < -0.4 is 0 Å². The quantitative estimate of drug-likeness (QED) is 0.852. The third kappa shape index (κ3) is 2.82. The summed E-state index contributed by atoms with van der Waals surface area (Å²) in [6, 6.07) is 5.14. The van der Waals surface area contributed by atoms with Crippen molar-refractivity contribution in [2.75, 3.05) is 0 Å². The number of phenols is 1. The van der Waals surface area contributed by atoms with E-state index in [0.29, 0.717) is 11.5 Å². The topological polar surface area (TPSA) is 46.3 Å². The first kappa shape index (κ1) is 13.5. The highest BCUT2D eigenvalue weighted by Gasteiger charge is 2.25. The molecule has 1 aromatic heterocycles. The minimum atomic E-state index is 0.239. The van der Waals surface area contributed by atoms with E-state index < -0.39 is 0 Å². The number of aromatic nitrogens is 1. The monoisotopic (exact) mass is 273 g/mol. The van der Waals surface area contributed by atoms with E-state index >= 15 is 0 Å². The van der Waals surface area contributed by atoms with Gasteiger partial charge in [0.25, 0.3) is 0 Å². The summed E-state index contributed by atoms with van der Waals surface area (Å²) in [5.41, 5.74) is 1.55. The molecule has 3 rings (SSSR count). The molecular formula is C17H23NO2. The maximum absolute atomic E-state index is 9.48. The molecular weight excluding hydrogens is 250 g/mol. The first-order valence-electron chi connectivity index (χ1n) is 7.85. The second kappa shape index (κ2) is 5.86. The zero-order chi connectivity index (χ0) is 13.9. The Kier molecular flexibility index (Phi) is 3.95. The van der Waals surface area contributed by atoms with Gasteiger partial charge in [-0.3, -0.25) is 0 Å². The fraction of sp³-hybridized carbons (Fsp3) is 0.588. The number of aromatic hydroxyl groups is 1. The van der Waals surface area contributed by atoms with Crippen LogP contribution in [0, 0.1) is 5.92 Å². The molecule has 2 aromatic rings. The molecule has 1 aromatic carbocycles. The summed E-state index contributed by atoms with van der Waals surface area (Å²) in [6.45, 7) is 2.26. The van der Waals surface area contributed by atoms with Gasteiger partial charge < -0.3 is 9.52 Å². The van der Waals surface area contributed by atoms with Crippen molar-refractivity contribution >= 4 is 11.1 Å². The van der Waals surface area contributed by atoms with Crippen LogP contribution in [0.15, 0.2) is 22.6 Å². The molecule has 1 N–H and O–H groups in total. The molecule has 1 heterocycles. The van der Waals surface area contributed by atoms with Crippen LogP contribution in [-0.4, -0.2) is 10.1 Å². The zero-order valence-electron chi connectivity index (χ0n) is 12.1. The Morgan fingerprint density at radius 3 is 2.80 bits per heavy atom. The third-order valence-corrected chi connectivity index (χ3v) is 4.55. The van der Waals surface area contributed by atoms with Crippen LogP contribution in [0.3, 0.4) is 0 Å². The number of phenolic OH excluding ortho intramolecular Hbond substituents is 1. The van der Waals surface area contributed by atoms with E-state index in [1.807, 2.05) is 6.07 Å². The number of rotatable bonds is 4. The molecule has 0 unspecified atom stereocenters. The van der Waals surface area contributed by atoms with Crippen molar-refractivity contribution in [3.05, 3.63) is 24.1 Å². The normalized spacial score (nSPS) is 23.2. The first-order chi connectivity index (χ1) is 9.76. The lowest BCUT2D eigenvalue weighted by Gasteiger charge is -2.26. The van der Waals surface area contributed by atoms with Crippen molar-refractivity contribution in [2.24, 2.45) is 5.92 Å². The second-order valence-electron chi connectivity index (χ2n) is 6.06. The standard InChI is InChI=1S/C17H23NO2/c1-2-3-4-12-5-7-13(8-6-12)17-18-15-10-9-14(19)11-16(15)20-17/h9-13,19H,2-8H2,1H3. The van der Waals surface area contributed by atoms with Crippen LogP contribution >= 0.6 is 0 Å². The summed E-state index contributed by atoms with van der Waals surface area (Å²) in [5.74, 6) is 2.46. The minimum Gasteiger partial charge on any atom is -0.508 e. The maximum Gasteiger partial charge on any atom is 0.198 e. The van der Waals surface area contributed by atoms with Crippen molar-refractivity contribution in [3.63, 3.8) is 0 Å². The first-order valence-corrected chi connectivity index (χ1v) is 7.85. The van der Waals surface area contributed by atoms with Gasteiger partial charge in [-0.25, -0.2) is 4.98 Å². The summed E-state index contributed by atoms with van der Waals surface area (Å²) in [6.07, 6.45) is 9.01. The van der Waals surface area contributed by atoms with Gasteiger partial charge in [0.1, 0.15) is 11.3 Å². The SMILES string of the molecule is CCCCC1CCC(c2nc3ccc(O)cc3o2)CC1. The van der Waals surface area contributed by atoms with Gasteiger partial charge in [-0.05, 0) is 43.7 Å². The highest BCUT2D eigenvalue weighted by Crippen LogP contribution is 2.38. The van der Waals surface area contributed by atoms with Gasteiger partial charge in [-0.2, -0.15) is 0 Å². The highest BCUT2D eigenvalue weighted by molar-refractivity contribution is 5.74. The Hall–Kier alpha value is -1.51. The fourth-order valence-corrected chi connectivity index (χ4v) is 3.30. The smallest absolute Gasteiger partial charge is 0.198 e. The molecule has 0 bridgehead atoms. The second-order valence-corrected chi connectivity index (χ2v) is 6.06. The molecule has 0 amide bonds. The Morgan fingerprint density at radius 2 is 2.05 bits per heavy atom. The van der Waals surface area contributed by atoms with Gasteiger partial charge in [0, 0.05) is 12.0 Å². The molecule has 0 radical (unpaired) electrons. The number of fused-ring (bicyclic) bond motifs is 1. The van der Waals surface area contributed by atoms with E-state index in [2.05, 4.69) is 11.9 Å². The maximum atomic E-state index is 9.48. The van der Waals surface area contributed by atoms with E-state index in [1.54, 1.807) is 12.1 Å². The molecule has 0 saturated heterocycles. The Labute approximate surface area is 120 Å². The van der Waals surface area contributed by atoms with E-state index in [9.17, 15) is 5.11 Å². The summed E-state index contributed by atoms with van der Waals surface area (Å²) in [7, 11) is 0. The summed E-state index contributed by atoms with van der Waals surface area (Å²) in [4.78, 5) is 4.59. The van der Waals surface area contributed by atoms with Crippen LogP contribution in [0.2, 0.25) is 0 Å². The number of hydrogen-bond donors (Lipinski definition) is 1. The zero-order valence-corrected chi connectivity index (χ0v) is 12.1. The van der Waals surface area contributed by atoms with Gasteiger partial charge in [0.05, 0.1) is 0 Å². The summed E-state index contributed by atoms with van der Waals surface area (Å²) >= 11 is 0. The Balaban J connectivity index is 1.67. The van der Waals surface area contributed by atoms with Gasteiger partial charge in [0.15, 0.2) is 11.5 Å². The average molecular weight is 273 g/mol. The third-order valence-electron chi connectivity index (χ3n) is 4.55. The molecule has 1 aliphatic rings. The Morgan fingerprint density at radius 1 is 1.25 bits per heavy atom. The molecule has 1 fully saturated rings. The summed E-state index contributed by atoms with van der Waals surface area (Å²) < 4.78 is 5.83. The van der Waals surface area contributed by atoms with Gasteiger partial charge in [0.2, 0.25) is 0 Å². The molecule has 3 heteroatoms. The molecule has 0 aliphatic heterocycles. The van der Waals surface area contributed by atoms with E-state index in [4.69, 9.17) is 4.42 Å². The molecule has 1 aliphatic carbocycles. The van der Waals surface area contributed by atoms with Crippen molar-refractivity contribution < 1.29 is 9.52 Å². The van der Waals surface area contributed by atoms with E-state index in [1.165, 1.54) is 44.9 Å². The van der Waals surface area contributed by atoms with Gasteiger partial charge in [-0.1, -0.05) is 26.2 Å². The molecule has 108 valence electrons. The van der Waals surface area contributed by atoms with Crippen LogP contribution in [0.1, 0.15) is 63.7 Å². The number of benzene rings is 1. The molecule has 20 heavy (non-hydrogen) atoms. The largest absolute Gasteiger partial charge is 0.508 e. The van der Waals surface area contributed by atoms with Gasteiger partial charge >= 0.3 is 0 Å². The van der Waals surface area contributed by atoms with E-state index in [0.717, 1.165) is 17.3 Å². The minimum absolute atomic E-state index is 0.239. The Bertz CT molecular complexity index is 567. The van der Waals surface area contributed by atoms with Crippen LogP contribution in [0.5, 0.6) is 5.75 Å². The lowest BCUT2D eigenvalue weighted by molar-refractivity contribution is 0.280. The molecule has 1 saturated carbocycles. The van der Waals surface area contributed by atoms with Crippen molar-refractivity contribution in [2.45, 2.75) is 57.8 Å². The van der Waals surface area contributed by atoms with Crippen LogP contribution in [0.25, 0.3) is 11.1 Å². The molecule has 0 spiro atoms. The van der Waals surface area contributed by atoms with Crippen molar-refractivity contribution in [1.82, 2.24) is 4.98 Å². The fourth-order valence-electron chi connectivity index (χ4n) is 3.30. The van der Waals surface area contributed by atoms with Crippen LogP contribution in [-0.2, 0) is 0 Å². The molecule has 0 atom stereocenters. The number of nitrogens with zero attached hydrogens (tertiary/aromatic N) is 1. The lowest BCUT2D eigenvalue weighted by Crippen LogP contribution is -2.13. The highest BCUT2D eigenvalue weighted by atomic mass is 16.3. The molecule has 3 nitrogen and oxygen atoms in total. The predicted octanol–water partition coefficient (Wildman–Crippen LogP) is 5.00. The van der Waals surface area contributed by atoms with E-state index in [-0.39, 0.29) is 5.75 Å². The number of unbranched alkanes of at least 4 members (excludes halogenated alkanes) is 1. The van der Waals surface area contributed by atoms with Crippen LogP contribution in [0.4, 0.5) is 0 Å². The predicted molar refractivity (Wildman–Crippen MR) is 79.9 cm³/mol. The average Bonchev–Trinajstić information content (AvgIpc) is 2.88. The van der Waals surface area contributed by atoms with Crippen molar-refractivity contribution in [1.29, 1.82) is 0 Å². The van der Waals surface area contributed by atoms with Crippen molar-refractivity contribution in [3.8, 4) is 5.75 Å². The lowest BCUT2D eigenvalue weighted by atomic mass is 9.80.